The molecule has 1 fully saturated rings. The van der Waals surface area contributed by atoms with Crippen LogP contribution in [0.2, 0.25) is 0 Å². The van der Waals surface area contributed by atoms with Gasteiger partial charge in [-0.15, -0.1) is 0 Å². The van der Waals surface area contributed by atoms with Gasteiger partial charge in [-0.1, -0.05) is 13.3 Å². The standard InChI is InChI=1S/C9H20NO5PS/c1-2-3-5-10(8-16(11,12)13)9-4-6-17(14,15)7-9/h9H,2-8H2,1H3,(H2,11,12,13). The number of nitrogens with zero attached hydrogens (tertiary/aromatic N) is 1. The average molecular weight is 285 g/mol. The van der Waals surface area contributed by atoms with Crippen molar-refractivity contribution in [3.05, 3.63) is 0 Å². The second-order valence-corrected chi connectivity index (χ2v) is 8.37. The Kier molecular flexibility index (Phi) is 5.16. The van der Waals surface area contributed by atoms with Crippen molar-refractivity contribution in [3.8, 4) is 0 Å². The maximum atomic E-state index is 11.4. The quantitative estimate of drug-likeness (QED) is 0.686. The van der Waals surface area contributed by atoms with Gasteiger partial charge in [-0.2, -0.15) is 0 Å². The van der Waals surface area contributed by atoms with Gasteiger partial charge in [0.15, 0.2) is 9.84 Å². The molecule has 1 unspecified atom stereocenters. The number of unbranched alkanes of at least 4 members (excludes halogenated alkanes) is 1. The van der Waals surface area contributed by atoms with Crippen LogP contribution in [0.5, 0.6) is 0 Å². The summed E-state index contributed by atoms with van der Waals surface area (Å²) in [5.41, 5.74) is 0. The zero-order valence-corrected chi connectivity index (χ0v) is 11.7. The van der Waals surface area contributed by atoms with Gasteiger partial charge in [0, 0.05) is 6.04 Å². The Labute approximate surface area is 102 Å². The largest absolute Gasteiger partial charge is 0.339 e. The summed E-state index contributed by atoms with van der Waals surface area (Å²) in [6, 6.07) is -0.237. The fourth-order valence-corrected chi connectivity index (χ4v) is 4.64. The number of hydrogen-bond acceptors (Lipinski definition) is 4. The molecule has 102 valence electrons. The third-order valence-electron chi connectivity index (χ3n) is 2.89. The van der Waals surface area contributed by atoms with E-state index >= 15 is 0 Å². The second-order valence-electron chi connectivity index (χ2n) is 4.53. The van der Waals surface area contributed by atoms with Crippen LogP contribution in [0.1, 0.15) is 26.2 Å². The summed E-state index contributed by atoms with van der Waals surface area (Å²) in [4.78, 5) is 19.6. The van der Waals surface area contributed by atoms with Gasteiger partial charge in [0.1, 0.15) is 6.29 Å². The van der Waals surface area contributed by atoms with Crippen molar-refractivity contribution in [3.63, 3.8) is 0 Å². The first-order valence-electron chi connectivity index (χ1n) is 5.72. The number of sulfone groups is 1. The molecule has 1 aliphatic rings. The molecule has 0 saturated carbocycles. The van der Waals surface area contributed by atoms with Gasteiger partial charge in [-0.3, -0.25) is 9.46 Å². The molecule has 0 aromatic carbocycles. The Morgan fingerprint density at radius 2 is 2.06 bits per heavy atom. The molecule has 0 aromatic rings. The van der Waals surface area contributed by atoms with E-state index in [0.29, 0.717) is 13.0 Å². The van der Waals surface area contributed by atoms with Gasteiger partial charge < -0.3 is 9.79 Å². The van der Waals surface area contributed by atoms with Crippen LogP contribution < -0.4 is 0 Å². The van der Waals surface area contributed by atoms with E-state index in [9.17, 15) is 13.0 Å². The van der Waals surface area contributed by atoms with Gasteiger partial charge in [0.2, 0.25) is 0 Å². The minimum atomic E-state index is -4.13. The van der Waals surface area contributed by atoms with E-state index in [0.717, 1.165) is 12.8 Å². The minimum absolute atomic E-state index is 0.0245. The van der Waals surface area contributed by atoms with Crippen molar-refractivity contribution >= 4 is 17.4 Å². The van der Waals surface area contributed by atoms with Gasteiger partial charge in [-0.25, -0.2) is 8.42 Å². The van der Waals surface area contributed by atoms with Crippen LogP contribution in [0.3, 0.4) is 0 Å². The molecule has 1 heterocycles. The molecule has 0 aromatic heterocycles. The first-order valence-corrected chi connectivity index (χ1v) is 9.34. The van der Waals surface area contributed by atoms with Crippen LogP contribution in [0.15, 0.2) is 0 Å². The van der Waals surface area contributed by atoms with E-state index in [1.165, 1.54) is 0 Å². The van der Waals surface area contributed by atoms with Crippen molar-refractivity contribution in [2.24, 2.45) is 0 Å². The maximum absolute atomic E-state index is 11.4. The van der Waals surface area contributed by atoms with E-state index in [1.54, 1.807) is 4.90 Å². The van der Waals surface area contributed by atoms with Crippen LogP contribution >= 0.6 is 7.60 Å². The highest BCUT2D eigenvalue weighted by atomic mass is 32.2. The highest BCUT2D eigenvalue weighted by molar-refractivity contribution is 7.91. The SMILES string of the molecule is CCCCN(CP(=O)(O)O)C1CCS(=O)(=O)C1. The second kappa shape index (κ2) is 5.80. The first kappa shape index (κ1) is 15.1. The lowest BCUT2D eigenvalue weighted by Gasteiger charge is -2.27. The van der Waals surface area contributed by atoms with Crippen molar-refractivity contribution in [2.45, 2.75) is 32.2 Å². The van der Waals surface area contributed by atoms with Crippen molar-refractivity contribution in [2.75, 3.05) is 24.3 Å². The van der Waals surface area contributed by atoms with Crippen LogP contribution in [-0.4, -0.2) is 53.5 Å². The lowest BCUT2D eigenvalue weighted by molar-refractivity contribution is 0.221. The molecule has 8 heteroatoms. The van der Waals surface area contributed by atoms with Crippen LogP contribution in [0, 0.1) is 0 Å². The molecule has 1 aliphatic heterocycles. The van der Waals surface area contributed by atoms with E-state index in [-0.39, 0.29) is 23.8 Å². The van der Waals surface area contributed by atoms with Crippen LogP contribution in [0.25, 0.3) is 0 Å². The Morgan fingerprint density at radius 1 is 1.41 bits per heavy atom. The molecular weight excluding hydrogens is 265 g/mol. The van der Waals surface area contributed by atoms with Crippen LogP contribution in [0.4, 0.5) is 0 Å². The number of rotatable bonds is 6. The van der Waals surface area contributed by atoms with E-state index in [2.05, 4.69) is 0 Å². The molecule has 1 saturated heterocycles. The Morgan fingerprint density at radius 3 is 2.47 bits per heavy atom. The molecule has 0 spiro atoms. The van der Waals surface area contributed by atoms with Crippen LogP contribution in [-0.2, 0) is 14.4 Å². The molecular formula is C9H20NO5PS. The molecule has 1 rings (SSSR count). The zero-order valence-electron chi connectivity index (χ0n) is 9.95. The van der Waals surface area contributed by atoms with Crippen molar-refractivity contribution in [1.29, 1.82) is 0 Å². The monoisotopic (exact) mass is 285 g/mol. The molecule has 2 N–H and O–H groups in total. The van der Waals surface area contributed by atoms with Crippen molar-refractivity contribution < 1.29 is 22.8 Å². The lowest BCUT2D eigenvalue weighted by atomic mass is 10.2. The summed E-state index contributed by atoms with van der Waals surface area (Å²) in [6.45, 7) is 2.53. The predicted octanol–water partition coefficient (Wildman–Crippen LogP) is 0.411. The molecule has 0 amide bonds. The fourth-order valence-electron chi connectivity index (χ4n) is 2.03. The minimum Gasteiger partial charge on any atom is -0.324 e. The summed E-state index contributed by atoms with van der Waals surface area (Å²) in [6.07, 6.45) is 1.87. The third-order valence-corrected chi connectivity index (χ3v) is 5.37. The molecule has 6 nitrogen and oxygen atoms in total. The Balaban J connectivity index is 2.66. The van der Waals surface area contributed by atoms with Gasteiger partial charge in [0.25, 0.3) is 0 Å². The third kappa shape index (κ3) is 5.48. The average Bonchev–Trinajstić information content (AvgIpc) is 2.51. The zero-order chi connectivity index (χ0) is 13.1. The van der Waals surface area contributed by atoms with E-state index in [1.807, 2.05) is 6.92 Å². The molecule has 0 radical (unpaired) electrons. The summed E-state index contributed by atoms with van der Waals surface area (Å²) in [5.74, 6) is 0.151. The van der Waals surface area contributed by atoms with E-state index < -0.39 is 17.4 Å². The number of hydrogen-bond donors (Lipinski definition) is 2. The smallest absolute Gasteiger partial charge is 0.324 e. The lowest BCUT2D eigenvalue weighted by Crippen LogP contribution is -2.37. The van der Waals surface area contributed by atoms with Gasteiger partial charge in [-0.05, 0) is 19.4 Å². The molecule has 1 atom stereocenters. The molecule has 0 bridgehead atoms. The Bertz CT molecular complexity index is 390. The summed E-state index contributed by atoms with van der Waals surface area (Å²) in [5, 5.41) is 0. The molecule has 17 heavy (non-hydrogen) atoms. The predicted molar refractivity (Wildman–Crippen MR) is 65.6 cm³/mol. The normalized spacial score (nSPS) is 24.4. The van der Waals surface area contributed by atoms with E-state index in [4.69, 9.17) is 9.79 Å². The Hall–Kier alpha value is 0.0600. The summed E-state index contributed by atoms with van der Waals surface area (Å²) >= 11 is 0. The van der Waals surface area contributed by atoms with Crippen molar-refractivity contribution in [1.82, 2.24) is 4.90 Å². The van der Waals surface area contributed by atoms with Gasteiger partial charge >= 0.3 is 7.60 Å². The topological polar surface area (TPSA) is 94.9 Å². The molecule has 0 aliphatic carbocycles. The summed E-state index contributed by atoms with van der Waals surface area (Å²) < 4.78 is 33.8. The highest BCUT2D eigenvalue weighted by Crippen LogP contribution is 2.37. The highest BCUT2D eigenvalue weighted by Gasteiger charge is 2.34. The summed E-state index contributed by atoms with van der Waals surface area (Å²) in [7, 11) is -7.14. The fraction of sp³-hybridized carbons (Fsp3) is 1.00. The first-order chi connectivity index (χ1) is 7.73. The van der Waals surface area contributed by atoms with Gasteiger partial charge in [0.05, 0.1) is 11.5 Å². The maximum Gasteiger partial charge on any atom is 0.339 e.